The number of carbonyl (C=O) groups is 2. The molecule has 3 rings (SSSR count). The molecule has 1 aliphatic rings. The molecule has 1 atom stereocenters. The van der Waals surface area contributed by atoms with E-state index in [2.05, 4.69) is 5.32 Å². The molecule has 1 heterocycles. The Bertz CT molecular complexity index is 912. The van der Waals surface area contributed by atoms with Gasteiger partial charge in [0.15, 0.2) is 18.1 Å². The summed E-state index contributed by atoms with van der Waals surface area (Å²) in [6.45, 7) is 2.64. The first kappa shape index (κ1) is 20.7. The molecule has 1 N–H and O–H groups in total. The van der Waals surface area contributed by atoms with Crippen molar-refractivity contribution < 1.29 is 23.8 Å². The van der Waals surface area contributed by atoms with Crippen LogP contribution in [-0.2, 0) is 14.3 Å². The van der Waals surface area contributed by atoms with Crippen molar-refractivity contribution in [2.75, 3.05) is 19.8 Å². The molecule has 29 heavy (non-hydrogen) atoms. The Morgan fingerprint density at radius 3 is 2.72 bits per heavy atom. The fourth-order valence-electron chi connectivity index (χ4n) is 2.82. The Morgan fingerprint density at radius 2 is 1.93 bits per heavy atom. The second-order valence-electron chi connectivity index (χ2n) is 6.51. The van der Waals surface area contributed by atoms with Gasteiger partial charge in [0, 0.05) is 17.5 Å². The van der Waals surface area contributed by atoms with Crippen molar-refractivity contribution in [2.45, 2.75) is 19.4 Å². The van der Waals surface area contributed by atoms with E-state index < -0.39 is 11.9 Å². The molecule has 7 heteroatoms. The van der Waals surface area contributed by atoms with Gasteiger partial charge in [-0.05, 0) is 42.3 Å². The number of amides is 1. The van der Waals surface area contributed by atoms with E-state index in [0.29, 0.717) is 29.7 Å². The maximum atomic E-state index is 12.0. The lowest BCUT2D eigenvalue weighted by atomic mass is 10.1. The lowest BCUT2D eigenvalue weighted by molar-refractivity contribution is -0.144. The van der Waals surface area contributed by atoms with Crippen LogP contribution >= 0.6 is 11.6 Å². The minimum atomic E-state index is -0.613. The highest BCUT2D eigenvalue weighted by molar-refractivity contribution is 6.31. The van der Waals surface area contributed by atoms with Crippen LogP contribution in [0.15, 0.2) is 48.5 Å². The molecule has 152 valence electrons. The summed E-state index contributed by atoms with van der Waals surface area (Å²) in [5.74, 6) is 0.310. The van der Waals surface area contributed by atoms with Crippen molar-refractivity contribution in [1.29, 1.82) is 0 Å². The van der Waals surface area contributed by atoms with E-state index in [1.165, 1.54) is 6.08 Å². The fraction of sp³-hybridized carbons (Fsp3) is 0.273. The number of halogens is 1. The van der Waals surface area contributed by atoms with E-state index in [9.17, 15) is 9.59 Å². The van der Waals surface area contributed by atoms with Crippen LogP contribution in [0.25, 0.3) is 6.08 Å². The largest absolute Gasteiger partial charge is 0.490 e. The van der Waals surface area contributed by atoms with Crippen LogP contribution in [0.5, 0.6) is 11.5 Å². The van der Waals surface area contributed by atoms with Gasteiger partial charge in [-0.3, -0.25) is 4.79 Å². The zero-order chi connectivity index (χ0) is 20.6. The fourth-order valence-corrected chi connectivity index (χ4v) is 3.12. The summed E-state index contributed by atoms with van der Waals surface area (Å²) in [4.78, 5) is 23.9. The lowest BCUT2D eigenvalue weighted by Crippen LogP contribution is -2.31. The standard InChI is InChI=1S/C22H22ClNO5/c1-15(17-5-2-3-6-18(17)23)24-21(25)14-29-22(26)10-8-16-7-9-19-20(13-16)28-12-4-11-27-19/h2-3,5-10,13,15H,4,11-12,14H2,1H3,(H,24,25)/b10-8+/t15-/m1/s1. The predicted octanol–water partition coefficient (Wildman–Crippen LogP) is 3.94. The van der Waals surface area contributed by atoms with Crippen molar-refractivity contribution in [3.63, 3.8) is 0 Å². The molecule has 0 saturated carbocycles. The van der Waals surface area contributed by atoms with E-state index in [1.807, 2.05) is 31.2 Å². The quantitative estimate of drug-likeness (QED) is 0.571. The van der Waals surface area contributed by atoms with Crippen molar-refractivity contribution in [3.8, 4) is 11.5 Å². The number of nitrogens with one attached hydrogen (secondary N) is 1. The number of esters is 1. The Kier molecular flexibility index (Phi) is 7.14. The molecule has 0 bridgehead atoms. The van der Waals surface area contributed by atoms with Crippen molar-refractivity contribution in [3.05, 3.63) is 64.7 Å². The van der Waals surface area contributed by atoms with E-state index in [0.717, 1.165) is 17.5 Å². The summed E-state index contributed by atoms with van der Waals surface area (Å²) < 4.78 is 16.2. The molecular formula is C22H22ClNO5. The molecule has 0 unspecified atom stereocenters. The second-order valence-corrected chi connectivity index (χ2v) is 6.92. The molecule has 2 aromatic carbocycles. The summed E-state index contributed by atoms with van der Waals surface area (Å²) in [7, 11) is 0. The maximum absolute atomic E-state index is 12.0. The molecule has 2 aromatic rings. The van der Waals surface area contributed by atoms with Crippen LogP contribution in [0.3, 0.4) is 0 Å². The Hall–Kier alpha value is -2.99. The summed E-state index contributed by atoms with van der Waals surface area (Å²) in [5, 5.41) is 3.32. The lowest BCUT2D eigenvalue weighted by Gasteiger charge is -2.15. The van der Waals surface area contributed by atoms with Crippen LogP contribution in [0.4, 0.5) is 0 Å². The summed E-state index contributed by atoms with van der Waals surface area (Å²) in [6.07, 6.45) is 3.69. The molecule has 1 aliphatic heterocycles. The molecule has 0 aliphatic carbocycles. The normalized spacial score (nSPS) is 14.1. The highest BCUT2D eigenvalue weighted by Crippen LogP contribution is 2.30. The van der Waals surface area contributed by atoms with Crippen molar-refractivity contribution in [2.24, 2.45) is 0 Å². The third kappa shape index (κ3) is 5.99. The highest BCUT2D eigenvalue weighted by Gasteiger charge is 2.13. The highest BCUT2D eigenvalue weighted by atomic mass is 35.5. The number of fused-ring (bicyclic) bond motifs is 1. The average Bonchev–Trinajstić information content (AvgIpc) is 2.96. The third-order valence-electron chi connectivity index (χ3n) is 4.28. The van der Waals surface area contributed by atoms with Gasteiger partial charge in [0.05, 0.1) is 19.3 Å². The predicted molar refractivity (Wildman–Crippen MR) is 110 cm³/mol. The van der Waals surface area contributed by atoms with Crippen LogP contribution < -0.4 is 14.8 Å². The van der Waals surface area contributed by atoms with E-state index in [-0.39, 0.29) is 12.6 Å². The average molecular weight is 416 g/mol. The Labute approximate surface area is 174 Å². The summed E-state index contributed by atoms with van der Waals surface area (Å²) in [5.41, 5.74) is 1.56. The van der Waals surface area contributed by atoms with E-state index in [1.54, 1.807) is 24.3 Å². The van der Waals surface area contributed by atoms with Gasteiger partial charge in [0.25, 0.3) is 5.91 Å². The molecular weight excluding hydrogens is 394 g/mol. The van der Waals surface area contributed by atoms with Crippen LogP contribution in [0.2, 0.25) is 5.02 Å². The molecule has 0 radical (unpaired) electrons. The molecule has 0 saturated heterocycles. The van der Waals surface area contributed by atoms with Gasteiger partial charge in [0.2, 0.25) is 0 Å². The van der Waals surface area contributed by atoms with Gasteiger partial charge in [0.1, 0.15) is 0 Å². The monoisotopic (exact) mass is 415 g/mol. The zero-order valence-electron chi connectivity index (χ0n) is 16.0. The second kappa shape index (κ2) is 9.98. The molecule has 0 fully saturated rings. The minimum absolute atomic E-state index is 0.299. The van der Waals surface area contributed by atoms with Crippen molar-refractivity contribution in [1.82, 2.24) is 5.32 Å². The van der Waals surface area contributed by atoms with Gasteiger partial charge in [-0.2, -0.15) is 0 Å². The molecule has 0 spiro atoms. The number of ether oxygens (including phenoxy) is 3. The van der Waals surface area contributed by atoms with E-state index in [4.69, 9.17) is 25.8 Å². The number of benzene rings is 2. The number of hydrogen-bond acceptors (Lipinski definition) is 5. The Balaban J connectivity index is 1.49. The first-order valence-electron chi connectivity index (χ1n) is 9.31. The van der Waals surface area contributed by atoms with E-state index >= 15 is 0 Å². The number of carbonyl (C=O) groups excluding carboxylic acids is 2. The zero-order valence-corrected chi connectivity index (χ0v) is 16.8. The van der Waals surface area contributed by atoms with Crippen molar-refractivity contribution >= 4 is 29.6 Å². The molecule has 6 nitrogen and oxygen atoms in total. The topological polar surface area (TPSA) is 73.9 Å². The number of hydrogen-bond donors (Lipinski definition) is 1. The number of rotatable bonds is 6. The van der Waals surface area contributed by atoms with Gasteiger partial charge < -0.3 is 19.5 Å². The first-order chi connectivity index (χ1) is 14.0. The summed E-state index contributed by atoms with van der Waals surface area (Å²) >= 11 is 6.12. The smallest absolute Gasteiger partial charge is 0.331 e. The third-order valence-corrected chi connectivity index (χ3v) is 4.62. The Morgan fingerprint density at radius 1 is 1.17 bits per heavy atom. The maximum Gasteiger partial charge on any atom is 0.331 e. The van der Waals surface area contributed by atoms with Gasteiger partial charge in [-0.15, -0.1) is 0 Å². The van der Waals surface area contributed by atoms with Crippen LogP contribution in [0.1, 0.15) is 30.5 Å². The van der Waals surface area contributed by atoms with Crippen LogP contribution in [0, 0.1) is 0 Å². The SMILES string of the molecule is C[C@@H](NC(=O)COC(=O)/C=C/c1ccc2c(c1)OCCCO2)c1ccccc1Cl. The van der Waals surface area contributed by atoms with Gasteiger partial charge in [-0.25, -0.2) is 4.79 Å². The minimum Gasteiger partial charge on any atom is -0.490 e. The summed E-state index contributed by atoms with van der Waals surface area (Å²) in [6, 6.07) is 12.4. The van der Waals surface area contributed by atoms with Gasteiger partial charge in [-0.1, -0.05) is 35.9 Å². The first-order valence-corrected chi connectivity index (χ1v) is 9.69. The van der Waals surface area contributed by atoms with Crippen LogP contribution in [-0.4, -0.2) is 31.7 Å². The van der Waals surface area contributed by atoms with Gasteiger partial charge >= 0.3 is 5.97 Å². The molecule has 0 aromatic heterocycles. The molecule has 1 amide bonds.